The zero-order chi connectivity index (χ0) is 16.0. The second-order valence-corrected chi connectivity index (χ2v) is 4.58. The van der Waals surface area contributed by atoms with Crippen LogP contribution in [-0.4, -0.2) is 13.2 Å². The monoisotopic (exact) mass is 311 g/mol. The van der Waals surface area contributed by atoms with Gasteiger partial charge in [-0.05, 0) is 24.3 Å². The van der Waals surface area contributed by atoms with Crippen LogP contribution in [0.25, 0.3) is 0 Å². The Labute approximate surface area is 126 Å². The van der Waals surface area contributed by atoms with Gasteiger partial charge in [0.05, 0.1) is 24.5 Å². The maximum atomic E-state index is 12.8. The van der Waals surface area contributed by atoms with Crippen LogP contribution in [-0.2, 0) is 6.18 Å². The highest BCUT2D eigenvalue weighted by molar-refractivity contribution is 5.51. The van der Waals surface area contributed by atoms with Crippen molar-refractivity contribution in [3.63, 3.8) is 0 Å². The summed E-state index contributed by atoms with van der Waals surface area (Å²) in [5.41, 5.74) is 5.46. The summed E-state index contributed by atoms with van der Waals surface area (Å²) >= 11 is 0. The van der Waals surface area contributed by atoms with Crippen molar-refractivity contribution < 1.29 is 22.6 Å². The Morgan fingerprint density at radius 2 is 1.36 bits per heavy atom. The SMILES string of the molecule is Nc1ccccc1OCCCOc1ccccc1C(F)(F)F. The molecule has 0 aliphatic carbocycles. The van der Waals surface area contributed by atoms with E-state index in [4.69, 9.17) is 15.2 Å². The van der Waals surface area contributed by atoms with Crippen LogP contribution >= 0.6 is 0 Å². The van der Waals surface area contributed by atoms with Crippen molar-refractivity contribution in [2.24, 2.45) is 0 Å². The van der Waals surface area contributed by atoms with Crippen molar-refractivity contribution in [3.05, 3.63) is 54.1 Å². The molecule has 118 valence electrons. The molecule has 0 radical (unpaired) electrons. The molecule has 0 aliphatic rings. The maximum absolute atomic E-state index is 12.8. The van der Waals surface area contributed by atoms with Gasteiger partial charge in [-0.3, -0.25) is 0 Å². The van der Waals surface area contributed by atoms with Gasteiger partial charge in [-0.25, -0.2) is 0 Å². The number of hydrogen-bond donors (Lipinski definition) is 1. The number of ether oxygens (including phenoxy) is 2. The first-order valence-corrected chi connectivity index (χ1v) is 6.75. The molecule has 2 aromatic carbocycles. The molecule has 0 amide bonds. The lowest BCUT2D eigenvalue weighted by molar-refractivity contribution is -0.138. The Morgan fingerprint density at radius 1 is 0.818 bits per heavy atom. The summed E-state index contributed by atoms with van der Waals surface area (Å²) in [7, 11) is 0. The summed E-state index contributed by atoms with van der Waals surface area (Å²) in [6.45, 7) is 0.433. The third-order valence-electron chi connectivity index (χ3n) is 2.92. The van der Waals surface area contributed by atoms with Crippen LogP contribution in [0.3, 0.4) is 0 Å². The standard InChI is InChI=1S/C16H16F3NO2/c17-16(18,19)12-6-1-3-8-14(12)21-10-5-11-22-15-9-4-2-7-13(15)20/h1-4,6-9H,5,10-11,20H2. The Bertz CT molecular complexity index is 614. The van der Waals surface area contributed by atoms with Gasteiger partial charge in [0.1, 0.15) is 11.5 Å². The van der Waals surface area contributed by atoms with E-state index >= 15 is 0 Å². The van der Waals surface area contributed by atoms with Gasteiger partial charge in [0, 0.05) is 6.42 Å². The summed E-state index contributed by atoms with van der Waals surface area (Å²) in [5, 5.41) is 0. The zero-order valence-electron chi connectivity index (χ0n) is 11.8. The fourth-order valence-electron chi connectivity index (χ4n) is 1.86. The van der Waals surface area contributed by atoms with Gasteiger partial charge < -0.3 is 15.2 Å². The Morgan fingerprint density at radius 3 is 2.00 bits per heavy atom. The first-order valence-electron chi connectivity index (χ1n) is 6.75. The van der Waals surface area contributed by atoms with E-state index in [9.17, 15) is 13.2 Å². The van der Waals surface area contributed by atoms with E-state index in [0.717, 1.165) is 6.07 Å². The molecule has 22 heavy (non-hydrogen) atoms. The van der Waals surface area contributed by atoms with Crippen LogP contribution in [0.2, 0.25) is 0 Å². The average Bonchev–Trinajstić information content (AvgIpc) is 2.48. The Hall–Kier alpha value is -2.37. The van der Waals surface area contributed by atoms with Crippen LogP contribution in [0, 0.1) is 0 Å². The summed E-state index contributed by atoms with van der Waals surface area (Å²) in [4.78, 5) is 0. The smallest absolute Gasteiger partial charge is 0.419 e. The van der Waals surface area contributed by atoms with Gasteiger partial charge in [0.2, 0.25) is 0 Å². The van der Waals surface area contributed by atoms with Gasteiger partial charge in [-0.15, -0.1) is 0 Å². The number of nitrogen functional groups attached to an aromatic ring is 1. The molecular formula is C16H16F3NO2. The first kappa shape index (κ1) is 16.0. The minimum Gasteiger partial charge on any atom is -0.493 e. The number of alkyl halides is 3. The van der Waals surface area contributed by atoms with E-state index in [1.54, 1.807) is 24.3 Å². The van der Waals surface area contributed by atoms with Gasteiger partial charge in [-0.1, -0.05) is 24.3 Å². The predicted molar refractivity (Wildman–Crippen MR) is 77.9 cm³/mol. The number of nitrogens with two attached hydrogens (primary N) is 1. The van der Waals surface area contributed by atoms with Crippen molar-refractivity contribution >= 4 is 5.69 Å². The number of rotatable bonds is 6. The number of hydrogen-bond acceptors (Lipinski definition) is 3. The molecule has 2 N–H and O–H groups in total. The summed E-state index contributed by atoms with van der Waals surface area (Å²) in [6.07, 6.45) is -3.98. The normalized spacial score (nSPS) is 11.2. The second kappa shape index (κ2) is 7.06. The summed E-state index contributed by atoms with van der Waals surface area (Å²) in [5.74, 6) is 0.382. The molecule has 6 heteroatoms. The molecule has 0 heterocycles. The molecule has 2 rings (SSSR count). The molecule has 0 atom stereocenters. The van der Waals surface area contributed by atoms with E-state index in [-0.39, 0.29) is 12.4 Å². The fraction of sp³-hybridized carbons (Fsp3) is 0.250. The molecule has 0 fully saturated rings. The fourth-order valence-corrected chi connectivity index (χ4v) is 1.86. The van der Waals surface area contributed by atoms with Crippen LogP contribution in [0.1, 0.15) is 12.0 Å². The van der Waals surface area contributed by atoms with Crippen molar-refractivity contribution in [1.82, 2.24) is 0 Å². The van der Waals surface area contributed by atoms with Crippen LogP contribution in [0.4, 0.5) is 18.9 Å². The highest BCUT2D eigenvalue weighted by atomic mass is 19.4. The third kappa shape index (κ3) is 4.31. The van der Waals surface area contributed by atoms with E-state index < -0.39 is 11.7 Å². The van der Waals surface area contributed by atoms with Crippen molar-refractivity contribution in [2.75, 3.05) is 18.9 Å². The van der Waals surface area contributed by atoms with Crippen LogP contribution < -0.4 is 15.2 Å². The average molecular weight is 311 g/mol. The number of benzene rings is 2. The molecule has 0 aromatic heterocycles. The van der Waals surface area contributed by atoms with Crippen LogP contribution in [0.15, 0.2) is 48.5 Å². The lowest BCUT2D eigenvalue weighted by atomic mass is 10.2. The van der Waals surface area contributed by atoms with Crippen molar-refractivity contribution in [2.45, 2.75) is 12.6 Å². The van der Waals surface area contributed by atoms with Crippen molar-refractivity contribution in [1.29, 1.82) is 0 Å². The zero-order valence-corrected chi connectivity index (χ0v) is 11.8. The lowest BCUT2D eigenvalue weighted by Crippen LogP contribution is -2.11. The quantitative estimate of drug-likeness (QED) is 0.644. The first-order chi connectivity index (χ1) is 10.5. The van der Waals surface area contributed by atoms with Gasteiger partial charge in [0.15, 0.2) is 0 Å². The number of anilines is 1. The maximum Gasteiger partial charge on any atom is 0.419 e. The minimum atomic E-state index is -4.43. The van der Waals surface area contributed by atoms with E-state index in [0.29, 0.717) is 24.5 Å². The Kier molecular flexibility index (Phi) is 5.14. The van der Waals surface area contributed by atoms with Crippen molar-refractivity contribution in [3.8, 4) is 11.5 Å². The highest BCUT2D eigenvalue weighted by Gasteiger charge is 2.33. The summed E-state index contributed by atoms with van der Waals surface area (Å²) in [6, 6.07) is 12.2. The van der Waals surface area contributed by atoms with E-state index in [1.165, 1.54) is 18.2 Å². The van der Waals surface area contributed by atoms with Gasteiger partial charge in [-0.2, -0.15) is 13.2 Å². The van der Waals surface area contributed by atoms with Gasteiger partial charge >= 0.3 is 6.18 Å². The third-order valence-corrected chi connectivity index (χ3v) is 2.92. The molecule has 0 aliphatic heterocycles. The van der Waals surface area contributed by atoms with E-state index in [1.807, 2.05) is 0 Å². The molecular weight excluding hydrogens is 295 g/mol. The molecule has 0 unspecified atom stereocenters. The molecule has 3 nitrogen and oxygen atoms in total. The van der Waals surface area contributed by atoms with Gasteiger partial charge in [0.25, 0.3) is 0 Å². The second-order valence-electron chi connectivity index (χ2n) is 4.58. The molecule has 0 spiro atoms. The number of halogens is 3. The minimum absolute atomic E-state index is 0.125. The molecule has 0 saturated carbocycles. The molecule has 2 aromatic rings. The van der Waals surface area contributed by atoms with Crippen LogP contribution in [0.5, 0.6) is 11.5 Å². The number of para-hydroxylation sites is 3. The summed E-state index contributed by atoms with van der Waals surface area (Å²) < 4.78 is 49.0. The molecule has 0 bridgehead atoms. The Balaban J connectivity index is 1.82. The lowest BCUT2D eigenvalue weighted by Gasteiger charge is -2.14. The van der Waals surface area contributed by atoms with E-state index in [2.05, 4.69) is 0 Å². The topological polar surface area (TPSA) is 44.5 Å². The largest absolute Gasteiger partial charge is 0.493 e. The predicted octanol–water partition coefficient (Wildman–Crippen LogP) is 4.14. The highest BCUT2D eigenvalue weighted by Crippen LogP contribution is 2.35. The molecule has 0 saturated heterocycles.